The SMILES string of the molecule is CCNC(=NCC1CCS(=O)(=O)C1)NC1CC(OC)C1(C)C. The Bertz CT molecular complexity index is 516. The molecule has 1 aliphatic carbocycles. The molecule has 128 valence electrons. The summed E-state index contributed by atoms with van der Waals surface area (Å²) in [5, 5.41) is 6.71. The summed E-state index contributed by atoms with van der Waals surface area (Å²) in [7, 11) is -1.08. The predicted octanol–water partition coefficient (Wildman–Crippen LogP) is 0.790. The van der Waals surface area contributed by atoms with Gasteiger partial charge in [-0.1, -0.05) is 13.8 Å². The lowest BCUT2D eigenvalue weighted by atomic mass is 9.64. The van der Waals surface area contributed by atoms with Gasteiger partial charge in [0.15, 0.2) is 15.8 Å². The lowest BCUT2D eigenvalue weighted by Gasteiger charge is -2.51. The largest absolute Gasteiger partial charge is 0.381 e. The molecule has 2 rings (SSSR count). The molecular formula is C15H29N3O3S. The summed E-state index contributed by atoms with van der Waals surface area (Å²) < 4.78 is 28.5. The monoisotopic (exact) mass is 331 g/mol. The van der Waals surface area contributed by atoms with Gasteiger partial charge in [-0.15, -0.1) is 0 Å². The number of ether oxygens (including phenoxy) is 1. The maximum atomic E-state index is 11.5. The molecule has 1 saturated heterocycles. The number of guanidine groups is 1. The molecule has 6 nitrogen and oxygen atoms in total. The molecule has 2 N–H and O–H groups in total. The van der Waals surface area contributed by atoms with E-state index in [-0.39, 0.29) is 23.2 Å². The smallest absolute Gasteiger partial charge is 0.191 e. The van der Waals surface area contributed by atoms with Crippen molar-refractivity contribution in [3.8, 4) is 0 Å². The number of nitrogens with zero attached hydrogens (tertiary/aromatic N) is 1. The molecule has 3 unspecified atom stereocenters. The number of hydrogen-bond donors (Lipinski definition) is 2. The Morgan fingerprint density at radius 2 is 2.14 bits per heavy atom. The van der Waals surface area contributed by atoms with Gasteiger partial charge in [-0.25, -0.2) is 8.42 Å². The molecule has 7 heteroatoms. The fraction of sp³-hybridized carbons (Fsp3) is 0.933. The zero-order valence-electron chi connectivity index (χ0n) is 14.1. The minimum atomic E-state index is -2.83. The van der Waals surface area contributed by atoms with Gasteiger partial charge in [-0.2, -0.15) is 0 Å². The van der Waals surface area contributed by atoms with Gasteiger partial charge >= 0.3 is 0 Å². The van der Waals surface area contributed by atoms with Gasteiger partial charge in [0.1, 0.15) is 0 Å². The number of rotatable bonds is 5. The fourth-order valence-electron chi connectivity index (χ4n) is 3.25. The van der Waals surface area contributed by atoms with Crippen molar-refractivity contribution in [1.82, 2.24) is 10.6 Å². The zero-order valence-corrected chi connectivity index (χ0v) is 14.9. The van der Waals surface area contributed by atoms with Gasteiger partial charge in [0.05, 0.1) is 17.6 Å². The molecule has 3 atom stereocenters. The molecule has 1 aliphatic heterocycles. The third-order valence-corrected chi connectivity index (χ3v) is 6.79. The number of aliphatic imine (C=N–C) groups is 1. The van der Waals surface area contributed by atoms with E-state index in [1.807, 2.05) is 6.92 Å². The molecule has 0 aromatic carbocycles. The molecule has 0 bridgehead atoms. The van der Waals surface area contributed by atoms with Gasteiger partial charge in [0, 0.05) is 31.7 Å². The van der Waals surface area contributed by atoms with Crippen LogP contribution >= 0.6 is 0 Å². The van der Waals surface area contributed by atoms with E-state index in [9.17, 15) is 8.42 Å². The Kier molecular flexibility index (Phi) is 5.37. The Labute approximate surface area is 134 Å². The van der Waals surface area contributed by atoms with Crippen molar-refractivity contribution < 1.29 is 13.2 Å². The van der Waals surface area contributed by atoms with Crippen LogP contribution in [0.1, 0.15) is 33.6 Å². The molecule has 0 spiro atoms. The van der Waals surface area contributed by atoms with Crippen LogP contribution in [0.5, 0.6) is 0 Å². The van der Waals surface area contributed by atoms with Crippen molar-refractivity contribution in [1.29, 1.82) is 0 Å². The summed E-state index contributed by atoms with van der Waals surface area (Å²) in [5.74, 6) is 1.51. The van der Waals surface area contributed by atoms with Crippen molar-refractivity contribution in [3.63, 3.8) is 0 Å². The van der Waals surface area contributed by atoms with Crippen molar-refractivity contribution in [2.24, 2.45) is 16.3 Å². The fourth-order valence-corrected chi connectivity index (χ4v) is 5.10. The Hall–Kier alpha value is -0.820. The van der Waals surface area contributed by atoms with Crippen LogP contribution < -0.4 is 10.6 Å². The molecule has 1 heterocycles. The van der Waals surface area contributed by atoms with Crippen LogP contribution in [0.25, 0.3) is 0 Å². The van der Waals surface area contributed by atoms with Crippen molar-refractivity contribution >= 4 is 15.8 Å². The molecule has 0 aromatic rings. The van der Waals surface area contributed by atoms with E-state index >= 15 is 0 Å². The van der Waals surface area contributed by atoms with E-state index in [0.29, 0.717) is 18.3 Å². The summed E-state index contributed by atoms with van der Waals surface area (Å²) in [6, 6.07) is 0.322. The van der Waals surface area contributed by atoms with Crippen LogP contribution in [0.2, 0.25) is 0 Å². The van der Waals surface area contributed by atoms with Gasteiger partial charge in [0.2, 0.25) is 0 Å². The number of hydrogen-bond acceptors (Lipinski definition) is 4. The van der Waals surface area contributed by atoms with Crippen LogP contribution in [0.15, 0.2) is 4.99 Å². The molecular weight excluding hydrogens is 302 g/mol. The predicted molar refractivity (Wildman–Crippen MR) is 88.9 cm³/mol. The van der Waals surface area contributed by atoms with Crippen LogP contribution in [-0.4, -0.2) is 58.2 Å². The van der Waals surface area contributed by atoms with E-state index in [2.05, 4.69) is 29.5 Å². The van der Waals surface area contributed by atoms with Gasteiger partial charge in [-0.3, -0.25) is 4.99 Å². The maximum Gasteiger partial charge on any atom is 0.191 e. The second kappa shape index (κ2) is 6.74. The Morgan fingerprint density at radius 1 is 1.41 bits per heavy atom. The molecule has 22 heavy (non-hydrogen) atoms. The Balaban J connectivity index is 1.91. The van der Waals surface area contributed by atoms with Crippen molar-refractivity contribution in [2.45, 2.75) is 45.8 Å². The van der Waals surface area contributed by atoms with Crippen LogP contribution in [0.3, 0.4) is 0 Å². The third kappa shape index (κ3) is 3.93. The summed E-state index contributed by atoms with van der Waals surface area (Å²) in [4.78, 5) is 4.59. The third-order valence-electron chi connectivity index (χ3n) is 4.95. The highest BCUT2D eigenvalue weighted by Gasteiger charge is 2.48. The average Bonchev–Trinajstić information content (AvgIpc) is 2.79. The molecule has 2 aliphatic rings. The van der Waals surface area contributed by atoms with E-state index in [1.165, 1.54) is 0 Å². The number of sulfone groups is 1. The van der Waals surface area contributed by atoms with E-state index in [0.717, 1.165) is 25.3 Å². The van der Waals surface area contributed by atoms with E-state index in [1.54, 1.807) is 7.11 Å². The first-order valence-corrected chi connectivity index (χ1v) is 9.88. The summed E-state index contributed by atoms with van der Waals surface area (Å²) in [5.41, 5.74) is 0.0711. The normalized spacial score (nSPS) is 33.3. The topological polar surface area (TPSA) is 79.8 Å². The number of nitrogens with one attached hydrogen (secondary N) is 2. The summed E-state index contributed by atoms with van der Waals surface area (Å²) in [6.07, 6.45) is 1.96. The highest BCUT2D eigenvalue weighted by Crippen LogP contribution is 2.42. The van der Waals surface area contributed by atoms with E-state index < -0.39 is 9.84 Å². The average molecular weight is 331 g/mol. The van der Waals surface area contributed by atoms with Gasteiger partial charge in [-0.05, 0) is 25.7 Å². The molecule has 2 fully saturated rings. The minimum Gasteiger partial charge on any atom is -0.381 e. The first-order chi connectivity index (χ1) is 10.3. The molecule has 0 aromatic heterocycles. The lowest BCUT2D eigenvalue weighted by Crippen LogP contribution is -2.63. The summed E-state index contributed by atoms with van der Waals surface area (Å²) in [6.45, 7) is 7.76. The molecule has 1 saturated carbocycles. The van der Waals surface area contributed by atoms with Crippen molar-refractivity contribution in [3.05, 3.63) is 0 Å². The maximum absolute atomic E-state index is 11.5. The number of methoxy groups -OCH3 is 1. The standard InChI is InChI=1S/C15H29N3O3S/c1-5-16-14(17-9-11-6-7-22(19,20)10-11)18-12-8-13(21-4)15(12,2)3/h11-13H,5-10H2,1-4H3,(H2,16,17,18). The zero-order chi connectivity index (χ0) is 16.4. The first-order valence-electron chi connectivity index (χ1n) is 8.06. The highest BCUT2D eigenvalue weighted by molar-refractivity contribution is 7.91. The highest BCUT2D eigenvalue weighted by atomic mass is 32.2. The van der Waals surface area contributed by atoms with Crippen LogP contribution in [0.4, 0.5) is 0 Å². The van der Waals surface area contributed by atoms with Crippen LogP contribution in [0, 0.1) is 11.3 Å². The molecule has 0 amide bonds. The first kappa shape index (κ1) is 17.5. The lowest BCUT2D eigenvalue weighted by molar-refractivity contribution is -0.0922. The minimum absolute atomic E-state index is 0.0711. The summed E-state index contributed by atoms with van der Waals surface area (Å²) >= 11 is 0. The van der Waals surface area contributed by atoms with E-state index in [4.69, 9.17) is 4.74 Å². The Morgan fingerprint density at radius 3 is 2.64 bits per heavy atom. The second-order valence-electron chi connectivity index (χ2n) is 6.97. The van der Waals surface area contributed by atoms with Crippen LogP contribution in [-0.2, 0) is 14.6 Å². The second-order valence-corrected chi connectivity index (χ2v) is 9.20. The van der Waals surface area contributed by atoms with Crippen molar-refractivity contribution in [2.75, 3.05) is 31.7 Å². The van der Waals surface area contributed by atoms with Gasteiger partial charge in [0.25, 0.3) is 0 Å². The molecule has 0 radical (unpaired) electrons. The quantitative estimate of drug-likeness (QED) is 0.575. The van der Waals surface area contributed by atoms with Gasteiger partial charge < -0.3 is 15.4 Å².